The van der Waals surface area contributed by atoms with Gasteiger partial charge >= 0.3 is 0 Å². The summed E-state index contributed by atoms with van der Waals surface area (Å²) in [5, 5.41) is 3.88. The van der Waals surface area contributed by atoms with Gasteiger partial charge < -0.3 is 15.0 Å². The molecule has 86 valence electrons. The van der Waals surface area contributed by atoms with E-state index in [2.05, 4.69) is 10.1 Å². The van der Waals surface area contributed by atoms with Crippen molar-refractivity contribution in [2.75, 3.05) is 7.11 Å². The summed E-state index contributed by atoms with van der Waals surface area (Å²) in [6.07, 6.45) is 2.28. The van der Waals surface area contributed by atoms with E-state index in [0.29, 0.717) is 18.1 Å². The maximum absolute atomic E-state index is 5.80. The maximum atomic E-state index is 5.80. The Morgan fingerprint density at radius 3 is 2.67 bits per heavy atom. The predicted octanol–water partition coefficient (Wildman–Crippen LogP) is 1.45. The minimum atomic E-state index is -0.0830. The highest BCUT2D eigenvalue weighted by molar-refractivity contribution is 4.92. The van der Waals surface area contributed by atoms with Crippen LogP contribution in [0.25, 0.3) is 0 Å². The van der Waals surface area contributed by atoms with Crippen LogP contribution in [0.4, 0.5) is 0 Å². The van der Waals surface area contributed by atoms with Crippen molar-refractivity contribution in [3.05, 3.63) is 11.7 Å². The van der Waals surface area contributed by atoms with Crippen molar-refractivity contribution in [2.45, 2.75) is 45.3 Å². The fourth-order valence-corrected chi connectivity index (χ4v) is 1.31. The van der Waals surface area contributed by atoms with Crippen molar-refractivity contribution >= 4 is 0 Å². The molecule has 1 aromatic rings. The summed E-state index contributed by atoms with van der Waals surface area (Å²) in [6, 6.07) is 0.0842. The first-order chi connectivity index (χ1) is 7.21. The van der Waals surface area contributed by atoms with Crippen LogP contribution in [0.1, 0.15) is 44.5 Å². The number of methoxy groups -OCH3 is 1. The lowest BCUT2D eigenvalue weighted by Gasteiger charge is -2.06. The van der Waals surface area contributed by atoms with Gasteiger partial charge in [-0.3, -0.25) is 0 Å². The van der Waals surface area contributed by atoms with Crippen molar-refractivity contribution in [3.63, 3.8) is 0 Å². The zero-order valence-electron chi connectivity index (χ0n) is 9.56. The Morgan fingerprint density at radius 2 is 2.13 bits per heavy atom. The summed E-state index contributed by atoms with van der Waals surface area (Å²) in [6.45, 7) is 4.05. The average molecular weight is 213 g/mol. The van der Waals surface area contributed by atoms with E-state index in [1.807, 2.05) is 13.8 Å². The van der Waals surface area contributed by atoms with Gasteiger partial charge in [-0.2, -0.15) is 4.98 Å². The molecular formula is C10H19N3O2. The summed E-state index contributed by atoms with van der Waals surface area (Å²) in [5.74, 6) is 1.20. The lowest BCUT2D eigenvalue weighted by molar-refractivity contribution is 0.0903. The Hall–Kier alpha value is -0.940. The van der Waals surface area contributed by atoms with Gasteiger partial charge in [0.1, 0.15) is 6.10 Å². The van der Waals surface area contributed by atoms with Crippen LogP contribution in [-0.2, 0) is 11.2 Å². The molecule has 1 heterocycles. The van der Waals surface area contributed by atoms with Crippen LogP contribution < -0.4 is 5.73 Å². The zero-order valence-corrected chi connectivity index (χ0v) is 9.56. The van der Waals surface area contributed by atoms with E-state index < -0.39 is 0 Å². The predicted molar refractivity (Wildman–Crippen MR) is 56.3 cm³/mol. The molecule has 1 rings (SSSR count). The zero-order chi connectivity index (χ0) is 11.3. The van der Waals surface area contributed by atoms with Crippen LogP contribution in [-0.4, -0.2) is 23.3 Å². The average Bonchev–Trinajstić information content (AvgIpc) is 2.68. The molecule has 0 bridgehead atoms. The van der Waals surface area contributed by atoms with Gasteiger partial charge in [-0.05, 0) is 12.8 Å². The van der Waals surface area contributed by atoms with Gasteiger partial charge in [-0.25, -0.2) is 0 Å². The van der Waals surface area contributed by atoms with E-state index in [-0.39, 0.29) is 12.1 Å². The van der Waals surface area contributed by atoms with Crippen LogP contribution in [0.5, 0.6) is 0 Å². The lowest BCUT2D eigenvalue weighted by Crippen LogP contribution is -2.21. The maximum Gasteiger partial charge on any atom is 0.228 e. The Labute approximate surface area is 90.0 Å². The molecule has 15 heavy (non-hydrogen) atoms. The second-order valence-electron chi connectivity index (χ2n) is 3.55. The first-order valence-corrected chi connectivity index (χ1v) is 5.32. The van der Waals surface area contributed by atoms with Crippen LogP contribution in [0.3, 0.4) is 0 Å². The van der Waals surface area contributed by atoms with E-state index in [4.69, 9.17) is 15.0 Å². The number of rotatable bonds is 6. The topological polar surface area (TPSA) is 74.2 Å². The van der Waals surface area contributed by atoms with Crippen LogP contribution in [0.2, 0.25) is 0 Å². The Morgan fingerprint density at radius 1 is 1.40 bits per heavy atom. The lowest BCUT2D eigenvalue weighted by atomic mass is 10.2. The van der Waals surface area contributed by atoms with Crippen LogP contribution >= 0.6 is 0 Å². The van der Waals surface area contributed by atoms with Gasteiger partial charge in [0.25, 0.3) is 0 Å². The minimum absolute atomic E-state index is 0.0830. The largest absolute Gasteiger partial charge is 0.373 e. The summed E-state index contributed by atoms with van der Waals surface area (Å²) in [4.78, 5) is 4.26. The molecule has 2 unspecified atom stereocenters. The molecule has 0 aromatic carbocycles. The van der Waals surface area contributed by atoms with Crippen molar-refractivity contribution in [1.82, 2.24) is 10.1 Å². The SMILES string of the molecule is CCC(N)Cc1nc(C(CC)OC)no1. The highest BCUT2D eigenvalue weighted by Crippen LogP contribution is 2.16. The Kier molecular flexibility index (Phi) is 4.71. The molecule has 0 aliphatic heterocycles. The molecule has 0 fully saturated rings. The van der Waals surface area contributed by atoms with Gasteiger partial charge in [-0.1, -0.05) is 19.0 Å². The first kappa shape index (κ1) is 12.1. The fourth-order valence-electron chi connectivity index (χ4n) is 1.31. The van der Waals surface area contributed by atoms with E-state index >= 15 is 0 Å². The highest BCUT2D eigenvalue weighted by Gasteiger charge is 2.16. The second-order valence-corrected chi connectivity index (χ2v) is 3.55. The quantitative estimate of drug-likeness (QED) is 0.774. The van der Waals surface area contributed by atoms with Gasteiger partial charge in [0.15, 0.2) is 0 Å². The minimum Gasteiger partial charge on any atom is -0.373 e. The van der Waals surface area contributed by atoms with E-state index in [0.717, 1.165) is 12.8 Å². The van der Waals surface area contributed by atoms with E-state index in [1.165, 1.54) is 0 Å². The third-order valence-electron chi connectivity index (χ3n) is 2.39. The van der Waals surface area contributed by atoms with Gasteiger partial charge in [0.2, 0.25) is 11.7 Å². The normalized spacial score (nSPS) is 15.2. The van der Waals surface area contributed by atoms with Crippen molar-refractivity contribution < 1.29 is 9.26 Å². The molecule has 5 nitrogen and oxygen atoms in total. The molecule has 0 saturated carbocycles. The number of ether oxygens (including phenoxy) is 1. The molecule has 0 spiro atoms. The van der Waals surface area contributed by atoms with Gasteiger partial charge in [0, 0.05) is 19.6 Å². The third kappa shape index (κ3) is 3.28. The molecule has 5 heteroatoms. The highest BCUT2D eigenvalue weighted by atomic mass is 16.5. The number of hydrogen-bond donors (Lipinski definition) is 1. The van der Waals surface area contributed by atoms with Crippen LogP contribution in [0, 0.1) is 0 Å². The van der Waals surface area contributed by atoms with E-state index in [1.54, 1.807) is 7.11 Å². The molecular weight excluding hydrogens is 194 g/mol. The molecule has 2 atom stereocenters. The number of aromatic nitrogens is 2. The smallest absolute Gasteiger partial charge is 0.228 e. The van der Waals surface area contributed by atoms with Crippen molar-refractivity contribution in [1.29, 1.82) is 0 Å². The first-order valence-electron chi connectivity index (χ1n) is 5.32. The Bertz CT molecular complexity index is 284. The van der Waals surface area contributed by atoms with Crippen LogP contribution in [0.15, 0.2) is 4.52 Å². The molecule has 1 aromatic heterocycles. The molecule has 0 aliphatic carbocycles. The standard InChI is InChI=1S/C10H19N3O2/c1-4-7(11)6-9-12-10(13-15-9)8(5-2)14-3/h7-8H,4-6,11H2,1-3H3. The molecule has 2 N–H and O–H groups in total. The monoisotopic (exact) mass is 213 g/mol. The molecule has 0 radical (unpaired) electrons. The molecule has 0 amide bonds. The third-order valence-corrected chi connectivity index (χ3v) is 2.39. The molecule has 0 saturated heterocycles. The second kappa shape index (κ2) is 5.82. The van der Waals surface area contributed by atoms with E-state index in [9.17, 15) is 0 Å². The number of nitrogens with zero attached hydrogens (tertiary/aromatic N) is 2. The van der Waals surface area contributed by atoms with Crippen molar-refractivity contribution in [3.8, 4) is 0 Å². The summed E-state index contributed by atoms with van der Waals surface area (Å²) in [5.41, 5.74) is 5.80. The van der Waals surface area contributed by atoms with Crippen molar-refractivity contribution in [2.24, 2.45) is 5.73 Å². The summed E-state index contributed by atoms with van der Waals surface area (Å²) < 4.78 is 10.3. The number of nitrogens with two attached hydrogens (primary N) is 1. The fraction of sp³-hybridized carbons (Fsp3) is 0.800. The van der Waals surface area contributed by atoms with Gasteiger partial charge in [0.05, 0.1) is 0 Å². The van der Waals surface area contributed by atoms with Gasteiger partial charge in [-0.15, -0.1) is 0 Å². The Balaban J connectivity index is 2.63. The number of hydrogen-bond acceptors (Lipinski definition) is 5. The summed E-state index contributed by atoms with van der Waals surface area (Å²) >= 11 is 0. The summed E-state index contributed by atoms with van der Waals surface area (Å²) in [7, 11) is 1.64. The molecule has 0 aliphatic rings.